The van der Waals surface area contributed by atoms with E-state index in [1.54, 1.807) is 19.4 Å². The van der Waals surface area contributed by atoms with Crippen LogP contribution < -0.4 is 15.4 Å². The van der Waals surface area contributed by atoms with Crippen LogP contribution in [0.1, 0.15) is 24.6 Å². The third-order valence-electron chi connectivity index (χ3n) is 5.86. The minimum Gasteiger partial charge on any atom is -0.495 e. The Morgan fingerprint density at radius 3 is 2.71 bits per heavy atom. The van der Waals surface area contributed by atoms with Crippen molar-refractivity contribution in [1.29, 1.82) is 0 Å². The molecule has 2 N–H and O–H groups in total. The van der Waals surface area contributed by atoms with Crippen molar-refractivity contribution in [2.24, 2.45) is 0 Å². The summed E-state index contributed by atoms with van der Waals surface area (Å²) in [5.74, 6) is 1.44. The number of ether oxygens (including phenoxy) is 1. The fourth-order valence-electron chi connectivity index (χ4n) is 4.32. The Morgan fingerprint density at radius 2 is 1.94 bits per heavy atom. The molecule has 1 fully saturated rings. The minimum absolute atomic E-state index is 0.0167. The van der Waals surface area contributed by atoms with E-state index < -0.39 is 0 Å². The van der Waals surface area contributed by atoms with E-state index >= 15 is 0 Å². The Labute approximate surface area is 179 Å². The van der Waals surface area contributed by atoms with Crippen LogP contribution in [-0.2, 0) is 0 Å². The molecule has 0 saturated carbocycles. The van der Waals surface area contributed by atoms with Gasteiger partial charge < -0.3 is 24.2 Å². The second kappa shape index (κ2) is 8.35. The number of methoxy groups -OCH3 is 1. The van der Waals surface area contributed by atoms with Crippen LogP contribution in [0.15, 0.2) is 63.6 Å². The van der Waals surface area contributed by atoms with Crippen LogP contribution in [0.2, 0.25) is 0 Å². The molecule has 160 valence electrons. The summed E-state index contributed by atoms with van der Waals surface area (Å²) in [4.78, 5) is 15.1. The molecule has 31 heavy (non-hydrogen) atoms. The van der Waals surface area contributed by atoms with Crippen molar-refractivity contribution in [3.63, 3.8) is 0 Å². The standard InChI is InChI=1S/C24H25N3O4/c1-29-23-13-17-16-7-2-3-8-20(16)31-22(17)14-18(23)26-24(28)25-15-19(21-9-6-12-30-21)27-10-4-5-11-27/h2-3,6-9,12-14,19H,4-5,10-11,15H2,1H3,(H2,25,26,28). The molecule has 1 atom stereocenters. The number of fused-ring (bicyclic) bond motifs is 3. The summed E-state index contributed by atoms with van der Waals surface area (Å²) in [6.07, 6.45) is 4.00. The van der Waals surface area contributed by atoms with Crippen molar-refractivity contribution in [2.45, 2.75) is 18.9 Å². The number of carbonyl (C=O) groups excluding carboxylic acids is 1. The van der Waals surface area contributed by atoms with Gasteiger partial charge in [0.2, 0.25) is 0 Å². The molecular formula is C24H25N3O4. The van der Waals surface area contributed by atoms with Crippen molar-refractivity contribution in [1.82, 2.24) is 10.2 Å². The summed E-state index contributed by atoms with van der Waals surface area (Å²) in [6.45, 7) is 2.46. The maximum atomic E-state index is 12.7. The summed E-state index contributed by atoms with van der Waals surface area (Å²) >= 11 is 0. The first-order valence-electron chi connectivity index (χ1n) is 10.5. The first-order chi connectivity index (χ1) is 15.2. The molecule has 2 amide bonds. The first-order valence-corrected chi connectivity index (χ1v) is 10.5. The molecule has 0 bridgehead atoms. The molecule has 1 saturated heterocycles. The van der Waals surface area contributed by atoms with E-state index in [0.717, 1.165) is 48.0 Å². The van der Waals surface area contributed by atoms with Gasteiger partial charge >= 0.3 is 6.03 Å². The number of likely N-dealkylation sites (tertiary alicyclic amines) is 1. The average molecular weight is 419 g/mol. The molecule has 3 heterocycles. The van der Waals surface area contributed by atoms with Crippen molar-refractivity contribution < 1.29 is 18.4 Å². The van der Waals surface area contributed by atoms with Crippen molar-refractivity contribution >= 4 is 33.7 Å². The number of hydrogen-bond acceptors (Lipinski definition) is 5. The van der Waals surface area contributed by atoms with Crippen LogP contribution in [0.5, 0.6) is 5.75 Å². The Kier molecular flexibility index (Phi) is 5.26. The van der Waals surface area contributed by atoms with E-state index in [9.17, 15) is 4.79 Å². The SMILES string of the molecule is COc1cc2c(cc1NC(=O)NCC(c1ccco1)N1CCCC1)oc1ccccc12. The lowest BCUT2D eigenvalue weighted by molar-refractivity contribution is 0.207. The van der Waals surface area contributed by atoms with Crippen molar-refractivity contribution in [2.75, 3.05) is 32.1 Å². The van der Waals surface area contributed by atoms with Crippen LogP contribution in [0.25, 0.3) is 21.9 Å². The first kappa shape index (κ1) is 19.5. The average Bonchev–Trinajstić information content (AvgIpc) is 3.54. The molecule has 7 nitrogen and oxygen atoms in total. The third-order valence-corrected chi connectivity index (χ3v) is 5.86. The molecule has 2 aromatic carbocycles. The topological polar surface area (TPSA) is 79.9 Å². The minimum atomic E-state index is -0.301. The predicted octanol–water partition coefficient (Wildman–Crippen LogP) is 5.15. The number of furan rings is 2. The van der Waals surface area contributed by atoms with Crippen LogP contribution in [-0.4, -0.2) is 37.7 Å². The summed E-state index contributed by atoms with van der Waals surface area (Å²) in [5.41, 5.74) is 2.05. The molecule has 5 rings (SSSR count). The molecule has 1 unspecified atom stereocenters. The van der Waals surface area contributed by atoms with E-state index in [2.05, 4.69) is 15.5 Å². The van der Waals surface area contributed by atoms with Gasteiger partial charge in [0.1, 0.15) is 22.7 Å². The van der Waals surface area contributed by atoms with Gasteiger partial charge in [-0.1, -0.05) is 18.2 Å². The molecule has 2 aromatic heterocycles. The Balaban J connectivity index is 1.34. The number of urea groups is 1. The summed E-state index contributed by atoms with van der Waals surface area (Å²) in [5, 5.41) is 7.85. The van der Waals surface area contributed by atoms with Gasteiger partial charge in [0.25, 0.3) is 0 Å². The largest absolute Gasteiger partial charge is 0.495 e. The Morgan fingerprint density at radius 1 is 1.10 bits per heavy atom. The molecule has 7 heteroatoms. The third kappa shape index (κ3) is 3.84. The smallest absolute Gasteiger partial charge is 0.319 e. The van der Waals surface area contributed by atoms with E-state index in [1.165, 1.54) is 0 Å². The van der Waals surface area contributed by atoms with Crippen molar-refractivity contribution in [3.8, 4) is 5.75 Å². The fraction of sp³-hybridized carbons (Fsp3) is 0.292. The lowest BCUT2D eigenvalue weighted by Crippen LogP contribution is -2.38. The van der Waals surface area contributed by atoms with Gasteiger partial charge in [-0.3, -0.25) is 4.90 Å². The van der Waals surface area contributed by atoms with Gasteiger partial charge in [0.05, 0.1) is 25.1 Å². The highest BCUT2D eigenvalue weighted by molar-refractivity contribution is 6.07. The van der Waals surface area contributed by atoms with Gasteiger partial charge in [-0.25, -0.2) is 4.79 Å². The van der Waals surface area contributed by atoms with E-state index in [1.807, 2.05) is 42.5 Å². The van der Waals surface area contributed by atoms with Gasteiger partial charge in [-0.2, -0.15) is 0 Å². The summed E-state index contributed by atoms with van der Waals surface area (Å²) < 4.78 is 17.1. The molecule has 1 aliphatic heterocycles. The van der Waals surface area contributed by atoms with Gasteiger partial charge in [-0.05, 0) is 50.2 Å². The van der Waals surface area contributed by atoms with Crippen LogP contribution >= 0.6 is 0 Å². The molecule has 1 aliphatic rings. The number of para-hydroxylation sites is 1. The molecule has 0 spiro atoms. The Hall–Kier alpha value is -3.45. The highest BCUT2D eigenvalue weighted by atomic mass is 16.5. The van der Waals surface area contributed by atoms with Gasteiger partial charge in [0.15, 0.2) is 0 Å². The lowest BCUT2D eigenvalue weighted by Gasteiger charge is -2.26. The van der Waals surface area contributed by atoms with E-state index in [0.29, 0.717) is 23.6 Å². The van der Waals surface area contributed by atoms with Crippen LogP contribution in [0.4, 0.5) is 10.5 Å². The predicted molar refractivity (Wildman–Crippen MR) is 120 cm³/mol. The number of nitrogens with one attached hydrogen (secondary N) is 2. The number of rotatable bonds is 6. The quantitative estimate of drug-likeness (QED) is 0.452. The lowest BCUT2D eigenvalue weighted by atomic mass is 10.1. The summed E-state index contributed by atoms with van der Waals surface area (Å²) in [7, 11) is 1.59. The zero-order valence-electron chi connectivity index (χ0n) is 17.4. The van der Waals surface area contributed by atoms with Crippen molar-refractivity contribution in [3.05, 3.63) is 60.6 Å². The fourth-order valence-corrected chi connectivity index (χ4v) is 4.32. The monoisotopic (exact) mass is 419 g/mol. The molecule has 0 radical (unpaired) electrons. The number of amides is 2. The highest BCUT2D eigenvalue weighted by Crippen LogP contribution is 2.36. The zero-order chi connectivity index (χ0) is 21.2. The number of nitrogens with zero attached hydrogens (tertiary/aromatic N) is 1. The Bertz CT molecular complexity index is 1190. The second-order valence-electron chi connectivity index (χ2n) is 7.76. The van der Waals surface area contributed by atoms with Gasteiger partial charge in [0, 0.05) is 23.4 Å². The van der Waals surface area contributed by atoms with Crippen LogP contribution in [0, 0.1) is 0 Å². The second-order valence-corrected chi connectivity index (χ2v) is 7.76. The van der Waals surface area contributed by atoms with Crippen LogP contribution in [0.3, 0.4) is 0 Å². The zero-order valence-corrected chi connectivity index (χ0v) is 17.4. The maximum Gasteiger partial charge on any atom is 0.319 e. The molecule has 4 aromatic rings. The molecule has 0 aliphatic carbocycles. The maximum absolute atomic E-state index is 12.7. The highest BCUT2D eigenvalue weighted by Gasteiger charge is 2.26. The number of benzene rings is 2. The number of carbonyl (C=O) groups is 1. The van der Waals surface area contributed by atoms with E-state index in [4.69, 9.17) is 13.6 Å². The number of anilines is 1. The number of hydrogen-bond donors (Lipinski definition) is 2. The summed E-state index contributed by atoms with van der Waals surface area (Å²) in [6, 6.07) is 15.1. The normalized spacial score (nSPS) is 15.4. The van der Waals surface area contributed by atoms with Gasteiger partial charge in [-0.15, -0.1) is 0 Å². The molecular weight excluding hydrogens is 394 g/mol. The van der Waals surface area contributed by atoms with E-state index in [-0.39, 0.29) is 12.1 Å².